The number of nitrogens with zero attached hydrogens (tertiary/aromatic N) is 2. The lowest BCUT2D eigenvalue weighted by atomic mass is 9.49. The molecule has 0 spiro atoms. The Morgan fingerprint density at radius 2 is 2.47 bits per heavy atom. The Kier molecular flexibility index (Phi) is 1.28. The van der Waals surface area contributed by atoms with Gasteiger partial charge in [0.05, 0.1) is 23.7 Å². The molecule has 2 aliphatic heterocycles. The van der Waals surface area contributed by atoms with Crippen LogP contribution >= 0.6 is 0 Å². The van der Waals surface area contributed by atoms with Gasteiger partial charge in [-0.2, -0.15) is 5.26 Å². The molecule has 1 aliphatic carbocycles. The topological polar surface area (TPSA) is 53.3 Å². The summed E-state index contributed by atoms with van der Waals surface area (Å²) in [5.41, 5.74) is -1.33. The van der Waals surface area contributed by atoms with Gasteiger partial charge >= 0.3 is 0 Å². The lowest BCUT2D eigenvalue weighted by Crippen LogP contribution is -2.68. The number of carbonyl (C=O) groups excluding carboxylic acids is 1. The fraction of sp³-hybridized carbons (Fsp3) is 0.455. The summed E-state index contributed by atoms with van der Waals surface area (Å²) in [5.74, 6) is -0.202. The summed E-state index contributed by atoms with van der Waals surface area (Å²) in [6.45, 7) is 0. The highest BCUT2D eigenvalue weighted by Crippen LogP contribution is 2.63. The lowest BCUT2D eigenvalue weighted by Gasteiger charge is -2.56. The van der Waals surface area contributed by atoms with Crippen LogP contribution in [0, 0.1) is 22.7 Å². The van der Waals surface area contributed by atoms with Gasteiger partial charge < -0.3 is 9.64 Å². The second-order valence-electron chi connectivity index (χ2n) is 4.30. The van der Waals surface area contributed by atoms with Crippen molar-refractivity contribution >= 4 is 5.91 Å². The zero-order valence-electron chi connectivity index (χ0n) is 8.30. The quantitative estimate of drug-likeness (QED) is 0.583. The van der Waals surface area contributed by atoms with Crippen LogP contribution in [0.15, 0.2) is 24.6 Å². The first-order chi connectivity index (χ1) is 7.16. The van der Waals surface area contributed by atoms with E-state index in [1.165, 1.54) is 4.90 Å². The van der Waals surface area contributed by atoms with Crippen molar-refractivity contribution < 1.29 is 9.53 Å². The van der Waals surface area contributed by atoms with Crippen molar-refractivity contribution in [2.45, 2.75) is 12.0 Å². The molecule has 0 aromatic carbocycles. The first-order valence-electron chi connectivity index (χ1n) is 4.88. The van der Waals surface area contributed by atoms with E-state index < -0.39 is 11.0 Å². The van der Waals surface area contributed by atoms with E-state index in [2.05, 4.69) is 6.07 Å². The van der Waals surface area contributed by atoms with E-state index in [4.69, 9.17) is 10.00 Å². The summed E-state index contributed by atoms with van der Waals surface area (Å²) in [7, 11) is 1.71. The van der Waals surface area contributed by atoms with Crippen molar-refractivity contribution in [3.63, 3.8) is 0 Å². The number of nitriles is 1. The molecule has 0 aromatic heterocycles. The molecule has 15 heavy (non-hydrogen) atoms. The van der Waals surface area contributed by atoms with E-state index in [0.717, 1.165) is 0 Å². The smallest absolute Gasteiger partial charge is 0.271 e. The minimum absolute atomic E-state index is 0.0542. The standard InChI is InChI=1S/C11H10N2O2/c1-13-4-2-10-3-5-15-11(10,9(13)14)6-8(10)7-12/h2-5,8H,6H2,1H3/t8-,10-,11-/m1/s1. The highest BCUT2D eigenvalue weighted by Gasteiger charge is 2.73. The predicted molar refractivity (Wildman–Crippen MR) is 51.0 cm³/mol. The first-order valence-corrected chi connectivity index (χ1v) is 4.88. The molecule has 3 rings (SSSR count). The van der Waals surface area contributed by atoms with E-state index in [1.807, 2.05) is 12.2 Å². The number of hydrogen-bond donors (Lipinski definition) is 0. The number of ether oxygens (including phenoxy) is 1. The maximum atomic E-state index is 12.0. The lowest BCUT2D eigenvalue weighted by molar-refractivity contribution is -0.180. The summed E-state index contributed by atoms with van der Waals surface area (Å²) < 4.78 is 5.47. The van der Waals surface area contributed by atoms with Gasteiger partial charge in [0, 0.05) is 19.7 Å². The van der Waals surface area contributed by atoms with Crippen LogP contribution in [0.25, 0.3) is 0 Å². The maximum absolute atomic E-state index is 12.0. The normalized spacial score (nSPS) is 45.2. The third kappa shape index (κ3) is 0.656. The summed E-state index contributed by atoms with van der Waals surface area (Å²) in [6, 6.07) is 2.24. The molecule has 0 radical (unpaired) electrons. The molecule has 76 valence electrons. The molecule has 0 unspecified atom stereocenters. The molecule has 1 amide bonds. The largest absolute Gasteiger partial charge is 0.484 e. The third-order valence-corrected chi connectivity index (χ3v) is 3.78. The Hall–Kier alpha value is -1.76. The second kappa shape index (κ2) is 2.25. The molecule has 0 N–H and O–H groups in total. The van der Waals surface area contributed by atoms with Gasteiger partial charge in [-0.25, -0.2) is 0 Å². The van der Waals surface area contributed by atoms with E-state index in [0.29, 0.717) is 6.42 Å². The summed E-state index contributed by atoms with van der Waals surface area (Å²) in [6.07, 6.45) is 7.52. The van der Waals surface area contributed by atoms with Gasteiger partial charge in [0.1, 0.15) is 0 Å². The molecule has 0 bridgehead atoms. The Balaban J connectivity index is 2.16. The Morgan fingerprint density at radius 1 is 1.67 bits per heavy atom. The molecule has 4 nitrogen and oxygen atoms in total. The van der Waals surface area contributed by atoms with Gasteiger partial charge in [-0.05, 0) is 6.08 Å². The van der Waals surface area contributed by atoms with Crippen LogP contribution in [0.3, 0.4) is 0 Å². The number of likely N-dealkylation sites (N-methyl/N-ethyl adjacent to an activating group) is 1. The summed E-state index contributed by atoms with van der Waals surface area (Å²) in [4.78, 5) is 13.6. The van der Waals surface area contributed by atoms with E-state index in [1.54, 1.807) is 19.5 Å². The van der Waals surface area contributed by atoms with Crippen LogP contribution in [0.2, 0.25) is 0 Å². The molecular weight excluding hydrogens is 192 g/mol. The van der Waals surface area contributed by atoms with Crippen LogP contribution in [-0.4, -0.2) is 23.5 Å². The second-order valence-corrected chi connectivity index (χ2v) is 4.30. The monoisotopic (exact) mass is 202 g/mol. The fourth-order valence-electron chi connectivity index (χ4n) is 2.82. The van der Waals surface area contributed by atoms with Crippen LogP contribution in [0.5, 0.6) is 0 Å². The summed E-state index contributed by atoms with van der Waals surface area (Å²) >= 11 is 0. The van der Waals surface area contributed by atoms with Crippen molar-refractivity contribution in [2.24, 2.45) is 11.3 Å². The van der Waals surface area contributed by atoms with Crippen LogP contribution in [0.1, 0.15) is 6.42 Å². The van der Waals surface area contributed by atoms with Gasteiger partial charge in [0.25, 0.3) is 5.91 Å². The molecule has 0 aromatic rings. The molecule has 3 aliphatic rings. The minimum Gasteiger partial charge on any atom is -0.484 e. The Morgan fingerprint density at radius 3 is 3.20 bits per heavy atom. The summed E-state index contributed by atoms with van der Waals surface area (Å²) in [5, 5.41) is 9.02. The van der Waals surface area contributed by atoms with Gasteiger partial charge in [-0.15, -0.1) is 0 Å². The molecular formula is C11H10N2O2. The zero-order valence-corrected chi connectivity index (χ0v) is 8.30. The predicted octanol–water partition coefficient (Wildman–Crippen LogP) is 0.785. The zero-order chi connectivity index (χ0) is 10.7. The molecule has 0 saturated heterocycles. The van der Waals surface area contributed by atoms with Crippen LogP contribution in [0.4, 0.5) is 0 Å². The van der Waals surface area contributed by atoms with Crippen molar-refractivity contribution in [1.82, 2.24) is 4.90 Å². The molecule has 1 saturated carbocycles. The van der Waals surface area contributed by atoms with Crippen molar-refractivity contribution in [3.05, 3.63) is 24.6 Å². The molecule has 4 heteroatoms. The van der Waals surface area contributed by atoms with Gasteiger partial charge in [-0.1, -0.05) is 6.08 Å². The average Bonchev–Trinajstić information content (AvgIpc) is 2.52. The number of rotatable bonds is 0. The van der Waals surface area contributed by atoms with Crippen molar-refractivity contribution in [1.29, 1.82) is 5.26 Å². The number of amides is 1. The van der Waals surface area contributed by atoms with Crippen molar-refractivity contribution in [2.75, 3.05) is 7.05 Å². The van der Waals surface area contributed by atoms with Gasteiger partial charge in [0.15, 0.2) is 0 Å². The van der Waals surface area contributed by atoms with Crippen molar-refractivity contribution in [3.8, 4) is 6.07 Å². The molecule has 2 heterocycles. The average molecular weight is 202 g/mol. The highest BCUT2D eigenvalue weighted by molar-refractivity contribution is 5.91. The molecule has 3 atom stereocenters. The number of hydrogen-bond acceptors (Lipinski definition) is 3. The van der Waals surface area contributed by atoms with E-state index >= 15 is 0 Å². The molecule has 1 fully saturated rings. The minimum atomic E-state index is -0.823. The Bertz CT molecular complexity index is 448. The first kappa shape index (κ1) is 8.54. The Labute approximate surface area is 87.4 Å². The highest BCUT2D eigenvalue weighted by atomic mass is 16.5. The van der Waals surface area contributed by atoms with Gasteiger partial charge in [-0.3, -0.25) is 4.79 Å². The van der Waals surface area contributed by atoms with Crippen LogP contribution < -0.4 is 0 Å². The number of carbonyl (C=O) groups is 1. The third-order valence-electron chi connectivity index (χ3n) is 3.78. The fourth-order valence-corrected chi connectivity index (χ4v) is 2.82. The SMILES string of the molecule is CN1C=C[C@]23C=CO[C@]2(C[C@@H]3C#N)C1=O. The van der Waals surface area contributed by atoms with E-state index in [9.17, 15) is 4.79 Å². The maximum Gasteiger partial charge on any atom is 0.271 e. The van der Waals surface area contributed by atoms with Gasteiger partial charge in [0.2, 0.25) is 5.60 Å². The van der Waals surface area contributed by atoms with E-state index in [-0.39, 0.29) is 11.8 Å². The van der Waals surface area contributed by atoms with Crippen LogP contribution in [-0.2, 0) is 9.53 Å².